The lowest BCUT2D eigenvalue weighted by Gasteiger charge is -2.19. The van der Waals surface area contributed by atoms with Crippen LogP contribution in [-0.4, -0.2) is 49.4 Å². The first-order valence-corrected chi connectivity index (χ1v) is 11.3. The van der Waals surface area contributed by atoms with E-state index in [9.17, 15) is 9.59 Å². The van der Waals surface area contributed by atoms with Crippen molar-refractivity contribution >= 4 is 40.4 Å². The van der Waals surface area contributed by atoms with E-state index in [1.807, 2.05) is 11.8 Å². The molecule has 5 nitrogen and oxygen atoms in total. The Morgan fingerprint density at radius 1 is 1.21 bits per heavy atom. The molecule has 0 unspecified atom stereocenters. The fourth-order valence-electron chi connectivity index (χ4n) is 4.29. The van der Waals surface area contributed by atoms with Crippen molar-refractivity contribution in [3.8, 4) is 0 Å². The van der Waals surface area contributed by atoms with E-state index < -0.39 is 0 Å². The van der Waals surface area contributed by atoms with Crippen molar-refractivity contribution in [3.63, 3.8) is 0 Å². The molecule has 1 fully saturated rings. The van der Waals surface area contributed by atoms with E-state index in [2.05, 4.69) is 35.5 Å². The summed E-state index contributed by atoms with van der Waals surface area (Å²) in [7, 11) is 2.15. The molecule has 0 bridgehead atoms. The third kappa shape index (κ3) is 4.20. The fraction of sp³-hybridized carbons (Fsp3) is 0.455. The predicted octanol–water partition coefficient (Wildman–Crippen LogP) is 3.60. The molecule has 1 N–H and O–H groups in total. The Morgan fingerprint density at radius 2 is 1.97 bits per heavy atom. The van der Waals surface area contributed by atoms with Gasteiger partial charge in [-0.2, -0.15) is 0 Å². The number of nitrogens with one attached hydrogen (secondary N) is 1. The van der Waals surface area contributed by atoms with Crippen LogP contribution in [0.4, 0.5) is 5.69 Å². The minimum atomic E-state index is -0.209. The van der Waals surface area contributed by atoms with Crippen molar-refractivity contribution < 1.29 is 9.59 Å². The standard InChI is InChI=1S/C22H26ClN3O2S/c1-3-17-18(24-21(27)19-6-7-20(23)29-19)13-26(22(17)28)16-5-4-14-8-10-25(2)11-9-15(14)12-16/h4-7,12,17-18H,3,8-11,13H2,1-2H3,(H,24,27)/t17-,18+/m1/s1. The number of anilines is 1. The molecule has 0 saturated carbocycles. The smallest absolute Gasteiger partial charge is 0.261 e. The molecule has 7 heteroatoms. The van der Waals surface area contributed by atoms with Gasteiger partial charge in [-0.3, -0.25) is 9.59 Å². The third-order valence-corrected chi connectivity index (χ3v) is 7.26. The number of hydrogen-bond donors (Lipinski definition) is 1. The molecule has 2 aliphatic rings. The van der Waals surface area contributed by atoms with Crippen LogP contribution in [0.3, 0.4) is 0 Å². The van der Waals surface area contributed by atoms with Crippen LogP contribution in [0.2, 0.25) is 4.34 Å². The molecule has 0 spiro atoms. The van der Waals surface area contributed by atoms with Crippen LogP contribution >= 0.6 is 22.9 Å². The first-order valence-electron chi connectivity index (χ1n) is 10.1. The Morgan fingerprint density at radius 3 is 2.66 bits per heavy atom. The summed E-state index contributed by atoms with van der Waals surface area (Å²) in [6.07, 6.45) is 2.74. The second kappa shape index (κ2) is 8.46. The van der Waals surface area contributed by atoms with Crippen LogP contribution in [0.1, 0.15) is 34.1 Å². The SMILES string of the molecule is CC[C@H]1C(=O)N(c2ccc3c(c2)CCN(C)CC3)C[C@@H]1NC(=O)c1ccc(Cl)s1. The summed E-state index contributed by atoms with van der Waals surface area (Å²) in [5.74, 6) is -0.281. The lowest BCUT2D eigenvalue weighted by atomic mass is 10.00. The van der Waals surface area contributed by atoms with Gasteiger partial charge in [0.15, 0.2) is 0 Å². The molecule has 3 heterocycles. The zero-order valence-corrected chi connectivity index (χ0v) is 18.4. The van der Waals surface area contributed by atoms with Gasteiger partial charge in [0.25, 0.3) is 5.91 Å². The average Bonchev–Trinajstić information content (AvgIpc) is 3.21. The first kappa shape index (κ1) is 20.4. The van der Waals surface area contributed by atoms with E-state index in [4.69, 9.17) is 11.6 Å². The topological polar surface area (TPSA) is 52.7 Å². The number of amides is 2. The lowest BCUT2D eigenvalue weighted by Crippen LogP contribution is -2.40. The molecular formula is C22H26ClN3O2S. The Bertz CT molecular complexity index is 929. The zero-order valence-electron chi connectivity index (χ0n) is 16.8. The molecule has 1 aromatic heterocycles. The lowest BCUT2D eigenvalue weighted by molar-refractivity contribution is -0.120. The number of benzene rings is 1. The summed E-state index contributed by atoms with van der Waals surface area (Å²) in [4.78, 5) is 30.5. The van der Waals surface area contributed by atoms with Crippen LogP contribution in [0.15, 0.2) is 30.3 Å². The van der Waals surface area contributed by atoms with Crippen molar-refractivity contribution in [2.24, 2.45) is 5.92 Å². The van der Waals surface area contributed by atoms with E-state index >= 15 is 0 Å². The summed E-state index contributed by atoms with van der Waals surface area (Å²) < 4.78 is 0.585. The monoisotopic (exact) mass is 431 g/mol. The summed E-state index contributed by atoms with van der Waals surface area (Å²) in [6, 6.07) is 9.63. The normalized spacial score (nSPS) is 22.4. The summed E-state index contributed by atoms with van der Waals surface area (Å²) in [5.41, 5.74) is 3.64. The van der Waals surface area contributed by atoms with E-state index in [-0.39, 0.29) is 23.8 Å². The highest BCUT2D eigenvalue weighted by atomic mass is 35.5. The van der Waals surface area contributed by atoms with Gasteiger partial charge in [-0.25, -0.2) is 0 Å². The number of carbonyl (C=O) groups excluding carboxylic acids is 2. The molecule has 2 amide bonds. The molecule has 29 heavy (non-hydrogen) atoms. The van der Waals surface area contributed by atoms with E-state index in [1.54, 1.807) is 12.1 Å². The van der Waals surface area contributed by atoms with Gasteiger partial charge in [-0.05, 0) is 61.7 Å². The van der Waals surface area contributed by atoms with Crippen LogP contribution in [0.25, 0.3) is 0 Å². The molecular weight excluding hydrogens is 406 g/mol. The van der Waals surface area contributed by atoms with Crippen molar-refractivity contribution in [3.05, 3.63) is 50.7 Å². The molecule has 1 aromatic carbocycles. The number of halogens is 1. The van der Waals surface area contributed by atoms with E-state index in [0.717, 1.165) is 31.6 Å². The van der Waals surface area contributed by atoms with Gasteiger partial charge in [-0.15, -0.1) is 11.3 Å². The second-order valence-electron chi connectivity index (χ2n) is 7.90. The quantitative estimate of drug-likeness (QED) is 0.804. The third-order valence-electron chi connectivity index (χ3n) is 6.03. The van der Waals surface area contributed by atoms with Gasteiger partial charge in [0.05, 0.1) is 21.2 Å². The van der Waals surface area contributed by atoms with Gasteiger partial charge >= 0.3 is 0 Å². The van der Waals surface area contributed by atoms with Crippen LogP contribution in [0.5, 0.6) is 0 Å². The van der Waals surface area contributed by atoms with Crippen LogP contribution in [0, 0.1) is 5.92 Å². The highest BCUT2D eigenvalue weighted by Crippen LogP contribution is 2.31. The summed E-state index contributed by atoms with van der Waals surface area (Å²) >= 11 is 7.21. The second-order valence-corrected chi connectivity index (χ2v) is 9.62. The largest absolute Gasteiger partial charge is 0.346 e. The number of nitrogens with zero attached hydrogens (tertiary/aromatic N) is 2. The Hall–Kier alpha value is -1.89. The number of likely N-dealkylation sites (N-methyl/N-ethyl adjacent to an activating group) is 1. The van der Waals surface area contributed by atoms with Crippen molar-refractivity contribution in [1.82, 2.24) is 10.2 Å². The molecule has 0 aliphatic carbocycles. The highest BCUT2D eigenvalue weighted by molar-refractivity contribution is 7.18. The summed E-state index contributed by atoms with van der Waals surface area (Å²) in [5, 5.41) is 3.06. The molecule has 2 aliphatic heterocycles. The number of hydrogen-bond acceptors (Lipinski definition) is 4. The minimum Gasteiger partial charge on any atom is -0.346 e. The van der Waals surface area contributed by atoms with Crippen LogP contribution in [-0.2, 0) is 17.6 Å². The van der Waals surface area contributed by atoms with Crippen molar-refractivity contribution in [1.29, 1.82) is 0 Å². The maximum absolute atomic E-state index is 13.1. The molecule has 4 rings (SSSR count). The van der Waals surface area contributed by atoms with Gasteiger partial charge in [0, 0.05) is 25.3 Å². The Balaban J connectivity index is 1.53. The zero-order chi connectivity index (χ0) is 20.5. The Kier molecular flexibility index (Phi) is 5.95. The number of carbonyl (C=O) groups is 2. The van der Waals surface area contributed by atoms with Gasteiger partial charge in [0.1, 0.15) is 0 Å². The number of fused-ring (bicyclic) bond motifs is 1. The predicted molar refractivity (Wildman–Crippen MR) is 118 cm³/mol. The fourth-order valence-corrected chi connectivity index (χ4v) is 5.24. The minimum absolute atomic E-state index is 0.0905. The first-order chi connectivity index (χ1) is 14.0. The maximum Gasteiger partial charge on any atom is 0.261 e. The highest BCUT2D eigenvalue weighted by Gasteiger charge is 2.41. The van der Waals surface area contributed by atoms with Crippen LogP contribution < -0.4 is 10.2 Å². The molecule has 2 atom stereocenters. The van der Waals surface area contributed by atoms with Gasteiger partial charge in [-0.1, -0.05) is 24.6 Å². The number of rotatable bonds is 4. The molecule has 154 valence electrons. The summed E-state index contributed by atoms with van der Waals surface area (Å²) in [6.45, 7) is 4.60. The van der Waals surface area contributed by atoms with Crippen molar-refractivity contribution in [2.75, 3.05) is 31.6 Å². The van der Waals surface area contributed by atoms with E-state index in [0.29, 0.717) is 22.2 Å². The molecule has 2 aromatic rings. The van der Waals surface area contributed by atoms with E-state index in [1.165, 1.54) is 22.5 Å². The molecule has 1 saturated heterocycles. The van der Waals surface area contributed by atoms with Gasteiger partial charge < -0.3 is 15.1 Å². The molecule has 0 radical (unpaired) electrons. The Labute approximate surface area is 180 Å². The average molecular weight is 432 g/mol. The van der Waals surface area contributed by atoms with Crippen molar-refractivity contribution in [2.45, 2.75) is 32.2 Å². The van der Waals surface area contributed by atoms with Gasteiger partial charge in [0.2, 0.25) is 5.91 Å². The maximum atomic E-state index is 13.1. The number of thiophene rings is 1.